The first-order chi connectivity index (χ1) is 10.8. The highest BCUT2D eigenvalue weighted by atomic mass is 16.5. The van der Waals surface area contributed by atoms with Crippen molar-refractivity contribution in [3.05, 3.63) is 35.9 Å². The number of fused-ring (bicyclic) bond motifs is 1. The van der Waals surface area contributed by atoms with Crippen LogP contribution in [0.15, 0.2) is 30.3 Å². The Hall–Kier alpha value is -1.35. The zero-order valence-electron chi connectivity index (χ0n) is 13.1. The summed E-state index contributed by atoms with van der Waals surface area (Å²) in [6.07, 6.45) is 6.52. The maximum atomic E-state index is 13.0. The predicted molar refractivity (Wildman–Crippen MR) is 85.6 cm³/mol. The van der Waals surface area contributed by atoms with E-state index in [1.165, 1.54) is 0 Å². The normalized spacial score (nSPS) is 32.8. The summed E-state index contributed by atoms with van der Waals surface area (Å²) in [7, 11) is 0. The van der Waals surface area contributed by atoms with Crippen molar-refractivity contribution in [3.8, 4) is 0 Å². The molecule has 4 rings (SSSR count). The molecule has 1 aliphatic heterocycles. The van der Waals surface area contributed by atoms with Crippen LogP contribution >= 0.6 is 0 Å². The fraction of sp³-hybridized carbons (Fsp3) is 0.632. The highest BCUT2D eigenvalue weighted by Crippen LogP contribution is 2.46. The van der Waals surface area contributed by atoms with E-state index in [0.29, 0.717) is 5.92 Å². The predicted octanol–water partition coefficient (Wildman–Crippen LogP) is 3.04. The molecule has 0 aromatic heterocycles. The zero-order chi connectivity index (χ0) is 15.0. The Bertz CT molecular complexity index is 536. The maximum Gasteiger partial charge on any atom is 0.316 e. The first-order valence-corrected chi connectivity index (χ1v) is 8.77. The van der Waals surface area contributed by atoms with Gasteiger partial charge in [-0.25, -0.2) is 0 Å². The molecule has 118 valence electrons. The Labute approximate surface area is 132 Å². The van der Waals surface area contributed by atoms with Gasteiger partial charge in [0.05, 0.1) is 5.41 Å². The minimum Gasteiger partial charge on any atom is -0.461 e. The second-order valence-electron chi connectivity index (χ2n) is 7.25. The molecule has 2 saturated carbocycles. The molecule has 22 heavy (non-hydrogen) atoms. The molecule has 3 aliphatic rings. The Balaban J connectivity index is 1.50. The number of carbonyl (C=O) groups is 1. The van der Waals surface area contributed by atoms with Crippen molar-refractivity contribution in [1.29, 1.82) is 0 Å². The van der Waals surface area contributed by atoms with E-state index in [9.17, 15) is 4.79 Å². The molecule has 3 fully saturated rings. The van der Waals surface area contributed by atoms with E-state index >= 15 is 0 Å². The highest BCUT2D eigenvalue weighted by Gasteiger charge is 2.49. The molecule has 0 bridgehead atoms. The number of hydrogen-bond donors (Lipinski definition) is 1. The summed E-state index contributed by atoms with van der Waals surface area (Å²) in [6.45, 7) is 2.17. The van der Waals surface area contributed by atoms with E-state index < -0.39 is 0 Å². The van der Waals surface area contributed by atoms with Crippen LogP contribution < -0.4 is 5.32 Å². The van der Waals surface area contributed by atoms with Gasteiger partial charge in [-0.15, -0.1) is 0 Å². The number of benzene rings is 1. The van der Waals surface area contributed by atoms with Crippen molar-refractivity contribution in [1.82, 2.24) is 5.32 Å². The van der Waals surface area contributed by atoms with E-state index in [1.807, 2.05) is 18.2 Å². The van der Waals surface area contributed by atoms with Crippen LogP contribution in [-0.4, -0.2) is 25.2 Å². The van der Waals surface area contributed by atoms with E-state index in [1.54, 1.807) is 0 Å². The molecule has 0 spiro atoms. The second-order valence-corrected chi connectivity index (χ2v) is 7.25. The summed E-state index contributed by atoms with van der Waals surface area (Å²) in [5.41, 5.74) is 0.776. The van der Waals surface area contributed by atoms with Crippen molar-refractivity contribution < 1.29 is 9.53 Å². The number of hydrogen-bond acceptors (Lipinski definition) is 3. The molecule has 3 unspecified atom stereocenters. The Morgan fingerprint density at radius 3 is 2.68 bits per heavy atom. The van der Waals surface area contributed by atoms with Gasteiger partial charge in [-0.2, -0.15) is 0 Å². The molecule has 1 aromatic carbocycles. The number of nitrogens with one attached hydrogen (secondary N) is 1. The van der Waals surface area contributed by atoms with Crippen LogP contribution in [0.2, 0.25) is 0 Å². The molecular formula is C19H25NO2. The van der Waals surface area contributed by atoms with E-state index in [2.05, 4.69) is 17.4 Å². The van der Waals surface area contributed by atoms with Crippen molar-refractivity contribution >= 4 is 5.97 Å². The third-order valence-electron chi connectivity index (χ3n) is 6.11. The lowest BCUT2D eigenvalue weighted by molar-refractivity contribution is -0.172. The average Bonchev–Trinajstić information content (AvgIpc) is 3.04. The van der Waals surface area contributed by atoms with Crippen LogP contribution in [0.4, 0.5) is 0 Å². The summed E-state index contributed by atoms with van der Waals surface area (Å²) >= 11 is 0. The number of carbonyl (C=O) groups excluding carboxylic acids is 1. The van der Waals surface area contributed by atoms with Crippen molar-refractivity contribution in [2.75, 3.05) is 13.1 Å². The molecule has 1 heterocycles. The number of rotatable bonds is 3. The monoisotopic (exact) mass is 299 g/mol. The highest BCUT2D eigenvalue weighted by molar-refractivity contribution is 5.84. The van der Waals surface area contributed by atoms with Gasteiger partial charge in [-0.05, 0) is 50.3 Å². The molecule has 3 heteroatoms. The Morgan fingerprint density at radius 2 is 1.95 bits per heavy atom. The summed E-state index contributed by atoms with van der Waals surface area (Å²) in [4.78, 5) is 13.0. The van der Waals surface area contributed by atoms with Crippen LogP contribution in [-0.2, 0) is 14.9 Å². The minimum atomic E-state index is -0.376. The molecule has 1 aromatic rings. The van der Waals surface area contributed by atoms with Gasteiger partial charge in [0.1, 0.15) is 6.10 Å². The molecule has 0 amide bonds. The third-order valence-corrected chi connectivity index (χ3v) is 6.11. The van der Waals surface area contributed by atoms with Gasteiger partial charge in [0, 0.05) is 5.92 Å². The standard InChI is InChI=1S/C19H25NO2/c21-18(22-17-12-14-13-20-11-8-16(14)17)19(9-4-5-10-19)15-6-2-1-3-7-15/h1-3,6-7,14,16-17,20H,4-5,8-13H2. The minimum absolute atomic E-state index is 0.0400. The van der Waals surface area contributed by atoms with Crippen LogP contribution in [0.3, 0.4) is 0 Å². The molecule has 0 radical (unpaired) electrons. The lowest BCUT2D eigenvalue weighted by Crippen LogP contribution is -2.54. The van der Waals surface area contributed by atoms with Gasteiger partial charge in [-0.1, -0.05) is 43.2 Å². The van der Waals surface area contributed by atoms with E-state index in [4.69, 9.17) is 4.74 Å². The van der Waals surface area contributed by atoms with Crippen molar-refractivity contribution in [2.24, 2.45) is 11.8 Å². The van der Waals surface area contributed by atoms with E-state index in [-0.39, 0.29) is 17.5 Å². The fourth-order valence-corrected chi connectivity index (χ4v) is 4.70. The second kappa shape index (κ2) is 5.69. The van der Waals surface area contributed by atoms with Crippen LogP contribution in [0, 0.1) is 11.8 Å². The van der Waals surface area contributed by atoms with Crippen LogP contribution in [0.5, 0.6) is 0 Å². The van der Waals surface area contributed by atoms with Crippen molar-refractivity contribution in [2.45, 2.75) is 50.0 Å². The van der Waals surface area contributed by atoms with Crippen LogP contribution in [0.1, 0.15) is 44.1 Å². The first kappa shape index (κ1) is 14.3. The van der Waals surface area contributed by atoms with Crippen molar-refractivity contribution in [3.63, 3.8) is 0 Å². The fourth-order valence-electron chi connectivity index (χ4n) is 4.70. The van der Waals surface area contributed by atoms with Gasteiger partial charge in [0.2, 0.25) is 0 Å². The molecule has 1 saturated heterocycles. The number of ether oxygens (including phenoxy) is 1. The smallest absolute Gasteiger partial charge is 0.316 e. The van der Waals surface area contributed by atoms with Crippen LogP contribution in [0.25, 0.3) is 0 Å². The van der Waals surface area contributed by atoms with Gasteiger partial charge in [0.15, 0.2) is 0 Å². The van der Waals surface area contributed by atoms with E-state index in [0.717, 1.165) is 63.1 Å². The zero-order valence-corrected chi connectivity index (χ0v) is 13.1. The number of esters is 1. The van der Waals surface area contributed by atoms with Gasteiger partial charge < -0.3 is 10.1 Å². The average molecular weight is 299 g/mol. The molecule has 3 nitrogen and oxygen atoms in total. The lowest BCUT2D eigenvalue weighted by atomic mass is 9.67. The SMILES string of the molecule is O=C(OC1CC2CNCCC21)C1(c2ccccc2)CCCC1. The van der Waals surface area contributed by atoms with Gasteiger partial charge in [-0.3, -0.25) is 4.79 Å². The summed E-state index contributed by atoms with van der Waals surface area (Å²) in [6, 6.07) is 10.3. The first-order valence-electron chi connectivity index (χ1n) is 8.77. The Morgan fingerprint density at radius 1 is 1.18 bits per heavy atom. The topological polar surface area (TPSA) is 38.3 Å². The largest absolute Gasteiger partial charge is 0.461 e. The molecule has 1 N–H and O–H groups in total. The number of piperidine rings is 1. The van der Waals surface area contributed by atoms with Gasteiger partial charge >= 0.3 is 5.97 Å². The third kappa shape index (κ3) is 2.26. The summed E-state index contributed by atoms with van der Waals surface area (Å²) in [5, 5.41) is 3.44. The molecule has 2 aliphatic carbocycles. The summed E-state index contributed by atoms with van der Waals surface area (Å²) < 4.78 is 6.03. The lowest BCUT2D eigenvalue weighted by Gasteiger charge is -2.48. The van der Waals surface area contributed by atoms with Gasteiger partial charge in [0.25, 0.3) is 0 Å². The quantitative estimate of drug-likeness (QED) is 0.872. The maximum absolute atomic E-state index is 13.0. The molecular weight excluding hydrogens is 274 g/mol. The Kier molecular flexibility index (Phi) is 3.69. The molecule has 3 atom stereocenters. The summed E-state index contributed by atoms with van der Waals surface area (Å²) in [5.74, 6) is 1.36.